The van der Waals surface area contributed by atoms with Crippen LogP contribution in [0.5, 0.6) is 5.75 Å². The maximum atomic E-state index is 12.7. The molecule has 0 N–H and O–H groups in total. The van der Waals surface area contributed by atoms with Gasteiger partial charge in [0.05, 0.1) is 12.7 Å². The average Bonchev–Trinajstić information content (AvgIpc) is 2.05. The van der Waals surface area contributed by atoms with E-state index in [1.165, 1.54) is 19.2 Å². The summed E-state index contributed by atoms with van der Waals surface area (Å²) in [6.07, 6.45) is 0. The predicted molar refractivity (Wildman–Crippen MR) is 53.9 cm³/mol. The molecule has 0 radical (unpaired) electrons. The highest BCUT2D eigenvalue weighted by Crippen LogP contribution is 2.17. The lowest BCUT2D eigenvalue weighted by atomic mass is 10.2. The van der Waals surface area contributed by atoms with E-state index in [-0.39, 0.29) is 5.82 Å². The number of halogens is 2. The molecule has 0 atom stereocenters. The second-order valence-electron chi connectivity index (χ2n) is 2.06. The summed E-state index contributed by atoms with van der Waals surface area (Å²) in [5, 5.41) is 0. The molecular weight excluding hydrogens is 270 g/mol. The summed E-state index contributed by atoms with van der Waals surface area (Å²) in [6.45, 7) is 0. The van der Waals surface area contributed by atoms with Gasteiger partial charge < -0.3 is 4.74 Å². The van der Waals surface area contributed by atoms with Crippen LogP contribution in [0.15, 0.2) is 18.2 Å². The molecule has 0 aromatic heterocycles. The van der Waals surface area contributed by atoms with Gasteiger partial charge in [0.2, 0.25) is 0 Å². The van der Waals surface area contributed by atoms with Crippen molar-refractivity contribution < 1.29 is 9.13 Å². The van der Waals surface area contributed by atoms with Crippen molar-refractivity contribution >= 4 is 22.6 Å². The van der Waals surface area contributed by atoms with Crippen LogP contribution in [-0.4, -0.2) is 7.11 Å². The van der Waals surface area contributed by atoms with Crippen molar-refractivity contribution in [1.82, 2.24) is 0 Å². The molecule has 0 fully saturated rings. The monoisotopic (exact) mass is 276 g/mol. The van der Waals surface area contributed by atoms with Crippen molar-refractivity contribution in [3.8, 4) is 15.6 Å². The van der Waals surface area contributed by atoms with Crippen molar-refractivity contribution in [2.24, 2.45) is 0 Å². The SMILES string of the molecule is COc1ccc(F)cc1C#CI. The quantitative estimate of drug-likeness (QED) is 0.566. The second-order valence-corrected chi connectivity index (χ2v) is 2.60. The number of benzene rings is 1. The van der Waals surface area contributed by atoms with Gasteiger partial charge >= 0.3 is 0 Å². The van der Waals surface area contributed by atoms with Gasteiger partial charge in [0.15, 0.2) is 0 Å². The molecule has 0 saturated heterocycles. The van der Waals surface area contributed by atoms with E-state index in [1.54, 1.807) is 6.07 Å². The van der Waals surface area contributed by atoms with Gasteiger partial charge in [0, 0.05) is 22.6 Å². The van der Waals surface area contributed by atoms with Crippen LogP contribution in [0, 0.1) is 15.7 Å². The fourth-order valence-electron chi connectivity index (χ4n) is 0.829. The largest absolute Gasteiger partial charge is 0.495 e. The molecule has 62 valence electrons. The summed E-state index contributed by atoms with van der Waals surface area (Å²) >= 11 is 1.90. The van der Waals surface area contributed by atoms with E-state index in [0.717, 1.165) is 0 Å². The molecule has 1 aromatic carbocycles. The second kappa shape index (κ2) is 4.31. The normalized spacial score (nSPS) is 8.58. The van der Waals surface area contributed by atoms with E-state index in [0.29, 0.717) is 11.3 Å². The van der Waals surface area contributed by atoms with Gasteiger partial charge in [0.1, 0.15) is 11.6 Å². The number of ether oxygens (including phenoxy) is 1. The van der Waals surface area contributed by atoms with Crippen LogP contribution in [0.3, 0.4) is 0 Å². The minimum Gasteiger partial charge on any atom is -0.495 e. The zero-order valence-electron chi connectivity index (χ0n) is 6.40. The van der Waals surface area contributed by atoms with Crippen LogP contribution in [0.1, 0.15) is 5.56 Å². The van der Waals surface area contributed by atoms with E-state index in [1.807, 2.05) is 22.6 Å². The molecule has 12 heavy (non-hydrogen) atoms. The predicted octanol–water partition coefficient (Wildman–Crippen LogP) is 2.58. The summed E-state index contributed by atoms with van der Waals surface area (Å²) in [6, 6.07) is 4.26. The first-order chi connectivity index (χ1) is 5.77. The Balaban J connectivity index is 3.18. The smallest absolute Gasteiger partial charge is 0.134 e. The van der Waals surface area contributed by atoms with Crippen molar-refractivity contribution in [2.45, 2.75) is 0 Å². The van der Waals surface area contributed by atoms with Gasteiger partial charge in [-0.05, 0) is 22.1 Å². The molecule has 0 unspecified atom stereocenters. The van der Waals surface area contributed by atoms with E-state index in [4.69, 9.17) is 4.74 Å². The fourth-order valence-corrected chi connectivity index (χ4v) is 1.12. The first-order valence-corrected chi connectivity index (χ1v) is 4.31. The summed E-state index contributed by atoms with van der Waals surface area (Å²) in [5.41, 5.74) is 0.576. The Bertz CT molecular complexity index is 338. The number of rotatable bonds is 1. The van der Waals surface area contributed by atoms with Crippen molar-refractivity contribution in [2.75, 3.05) is 7.11 Å². The highest BCUT2D eigenvalue weighted by atomic mass is 127. The Morgan fingerprint density at radius 3 is 2.83 bits per heavy atom. The summed E-state index contributed by atoms with van der Waals surface area (Å²) in [7, 11) is 1.53. The van der Waals surface area contributed by atoms with Crippen LogP contribution in [0.4, 0.5) is 4.39 Å². The molecule has 0 heterocycles. The lowest BCUT2D eigenvalue weighted by molar-refractivity contribution is 0.412. The minimum atomic E-state index is -0.301. The Kier molecular flexibility index (Phi) is 3.35. The third kappa shape index (κ3) is 2.11. The standard InChI is InChI=1S/C9H6FIO/c1-12-9-3-2-8(10)6-7(9)4-5-11/h2-3,6H,1H3. The molecule has 0 bridgehead atoms. The van der Waals surface area contributed by atoms with Gasteiger partial charge in [-0.2, -0.15) is 0 Å². The van der Waals surface area contributed by atoms with Gasteiger partial charge in [0.25, 0.3) is 0 Å². The molecule has 1 nitrogen and oxygen atoms in total. The molecule has 0 aliphatic rings. The van der Waals surface area contributed by atoms with Crippen molar-refractivity contribution in [3.63, 3.8) is 0 Å². The first kappa shape index (κ1) is 9.33. The molecule has 0 aliphatic heterocycles. The molecule has 0 aliphatic carbocycles. The minimum absolute atomic E-state index is 0.301. The topological polar surface area (TPSA) is 9.23 Å². The first-order valence-electron chi connectivity index (χ1n) is 3.23. The number of hydrogen-bond donors (Lipinski definition) is 0. The lowest BCUT2D eigenvalue weighted by Gasteiger charge is -2.01. The Morgan fingerprint density at radius 2 is 2.25 bits per heavy atom. The molecule has 3 heteroatoms. The van der Waals surface area contributed by atoms with Crippen LogP contribution in [-0.2, 0) is 0 Å². The van der Waals surface area contributed by atoms with Crippen LogP contribution in [0.2, 0.25) is 0 Å². The van der Waals surface area contributed by atoms with Gasteiger partial charge in [-0.25, -0.2) is 4.39 Å². The van der Waals surface area contributed by atoms with E-state index >= 15 is 0 Å². The highest BCUT2D eigenvalue weighted by Gasteiger charge is 2.00. The molecule has 0 saturated carbocycles. The Hall–Kier alpha value is -0.760. The van der Waals surface area contributed by atoms with E-state index in [2.05, 4.69) is 9.85 Å². The molecule has 0 spiro atoms. The summed E-state index contributed by atoms with van der Waals surface area (Å²) < 4.78 is 20.3. The van der Waals surface area contributed by atoms with Crippen LogP contribution in [0.25, 0.3) is 0 Å². The Labute approximate surface area is 84.1 Å². The number of methoxy groups -OCH3 is 1. The van der Waals surface area contributed by atoms with E-state index < -0.39 is 0 Å². The molecule has 1 aromatic rings. The van der Waals surface area contributed by atoms with Crippen molar-refractivity contribution in [1.29, 1.82) is 0 Å². The summed E-state index contributed by atoms with van der Waals surface area (Å²) in [4.78, 5) is 0. The van der Waals surface area contributed by atoms with Gasteiger partial charge in [-0.1, -0.05) is 5.92 Å². The van der Waals surface area contributed by atoms with Crippen molar-refractivity contribution in [3.05, 3.63) is 29.6 Å². The number of hydrogen-bond acceptors (Lipinski definition) is 1. The van der Waals surface area contributed by atoms with Crippen LogP contribution < -0.4 is 4.74 Å². The summed E-state index contributed by atoms with van der Waals surface area (Å²) in [5.74, 6) is 3.04. The van der Waals surface area contributed by atoms with Gasteiger partial charge in [-0.15, -0.1) is 0 Å². The third-order valence-electron chi connectivity index (χ3n) is 1.34. The van der Waals surface area contributed by atoms with E-state index in [9.17, 15) is 4.39 Å². The fraction of sp³-hybridized carbons (Fsp3) is 0.111. The van der Waals surface area contributed by atoms with Gasteiger partial charge in [-0.3, -0.25) is 0 Å². The highest BCUT2D eigenvalue weighted by molar-refractivity contribution is 14.1. The Morgan fingerprint density at radius 1 is 1.50 bits per heavy atom. The molecule has 1 rings (SSSR count). The third-order valence-corrected chi connectivity index (χ3v) is 1.61. The molecule has 0 amide bonds. The maximum Gasteiger partial charge on any atom is 0.134 e. The average molecular weight is 276 g/mol. The van der Waals surface area contributed by atoms with Crippen LogP contribution >= 0.6 is 22.6 Å². The maximum absolute atomic E-state index is 12.7. The zero-order chi connectivity index (χ0) is 8.97. The molecular formula is C9H6FIO. The lowest BCUT2D eigenvalue weighted by Crippen LogP contribution is -1.88. The zero-order valence-corrected chi connectivity index (χ0v) is 8.55.